The van der Waals surface area contributed by atoms with E-state index >= 15 is 0 Å². The average Bonchev–Trinajstić information content (AvgIpc) is 2.98. The predicted molar refractivity (Wildman–Crippen MR) is 106 cm³/mol. The van der Waals surface area contributed by atoms with Crippen molar-refractivity contribution in [3.63, 3.8) is 0 Å². The van der Waals surface area contributed by atoms with Gasteiger partial charge in [-0.1, -0.05) is 0 Å². The summed E-state index contributed by atoms with van der Waals surface area (Å²) in [6.45, 7) is 1.61. The van der Waals surface area contributed by atoms with Crippen molar-refractivity contribution in [2.45, 2.75) is 19.1 Å². The molecule has 3 N–H and O–H groups in total. The second kappa shape index (κ2) is 7.81. The molecule has 1 amide bonds. The van der Waals surface area contributed by atoms with Gasteiger partial charge in [-0.3, -0.25) is 9.36 Å². The molecule has 0 saturated carbocycles. The lowest BCUT2D eigenvalue weighted by atomic mass is 10.1. The van der Waals surface area contributed by atoms with Gasteiger partial charge in [0.25, 0.3) is 5.91 Å². The van der Waals surface area contributed by atoms with E-state index in [4.69, 9.17) is 9.79 Å². The maximum atomic E-state index is 14.1. The zero-order chi connectivity index (χ0) is 21.6. The Morgan fingerprint density at radius 2 is 2.03 bits per heavy atom. The van der Waals surface area contributed by atoms with Crippen LogP contribution >= 0.6 is 34.9 Å². The molecule has 3 aromatic rings. The molecule has 1 aromatic carbocycles. The highest BCUT2D eigenvalue weighted by molar-refractivity contribution is 9.10. The van der Waals surface area contributed by atoms with Gasteiger partial charge < -0.3 is 15.1 Å². The van der Waals surface area contributed by atoms with Crippen LogP contribution in [0.1, 0.15) is 26.4 Å². The molecule has 0 atom stereocenters. The topological polar surface area (TPSA) is 99.5 Å². The number of nitrogens with zero attached hydrogens (tertiary/aromatic N) is 1. The smallest absolute Gasteiger partial charge is 0.348 e. The fourth-order valence-electron chi connectivity index (χ4n) is 2.55. The minimum Gasteiger partial charge on any atom is -0.348 e. The number of aryl methyl sites for hydroxylation is 1. The summed E-state index contributed by atoms with van der Waals surface area (Å²) < 4.78 is 53.2. The summed E-state index contributed by atoms with van der Waals surface area (Å²) in [6, 6.07) is 5.63. The van der Waals surface area contributed by atoms with Crippen LogP contribution in [-0.2, 0) is 16.8 Å². The van der Waals surface area contributed by atoms with Crippen molar-refractivity contribution in [2.24, 2.45) is 0 Å². The Labute approximate surface area is 175 Å². The van der Waals surface area contributed by atoms with Gasteiger partial charge in [-0.25, -0.2) is 4.98 Å². The summed E-state index contributed by atoms with van der Waals surface area (Å²) in [4.78, 5) is 33.1. The standard InChI is InChI=1S/C17H13BrF3N2O4PS/c1-8-4-10(15(19)22-6-8)7-23-16(24)9-2-3-12-11(5-9)13(18)14(29-12)17(20,21)28(25,26)27/h2-6H,7H2,1H3,(H,23,24)(H2,25,26,27). The molecule has 29 heavy (non-hydrogen) atoms. The fourth-order valence-corrected chi connectivity index (χ4v) is 5.47. The highest BCUT2D eigenvalue weighted by Gasteiger charge is 2.53. The molecule has 2 heterocycles. The van der Waals surface area contributed by atoms with Crippen LogP contribution < -0.4 is 5.32 Å². The number of fused-ring (bicyclic) bond motifs is 1. The Bertz CT molecular complexity index is 1170. The summed E-state index contributed by atoms with van der Waals surface area (Å²) >= 11 is 3.47. The average molecular weight is 509 g/mol. The van der Waals surface area contributed by atoms with E-state index in [1.54, 1.807) is 6.92 Å². The molecule has 0 bridgehead atoms. The summed E-state index contributed by atoms with van der Waals surface area (Å²) in [5, 5.41) is 2.73. The van der Waals surface area contributed by atoms with Crippen molar-refractivity contribution in [3.05, 3.63) is 62.5 Å². The zero-order valence-electron chi connectivity index (χ0n) is 14.6. The minimum atomic E-state index is -5.73. The van der Waals surface area contributed by atoms with Crippen molar-refractivity contribution in [1.82, 2.24) is 10.3 Å². The van der Waals surface area contributed by atoms with Crippen LogP contribution in [0.25, 0.3) is 10.1 Å². The largest absolute Gasteiger partial charge is 0.400 e. The second-order valence-electron chi connectivity index (χ2n) is 6.19. The third kappa shape index (κ3) is 4.24. The lowest BCUT2D eigenvalue weighted by molar-refractivity contribution is 0.0595. The van der Waals surface area contributed by atoms with E-state index in [0.717, 1.165) is 5.56 Å². The van der Waals surface area contributed by atoms with Crippen LogP contribution in [0, 0.1) is 12.9 Å². The van der Waals surface area contributed by atoms with Crippen molar-refractivity contribution >= 4 is 50.9 Å². The zero-order valence-corrected chi connectivity index (χ0v) is 17.9. The van der Waals surface area contributed by atoms with Gasteiger partial charge in [-0.15, -0.1) is 11.3 Å². The van der Waals surface area contributed by atoms with Gasteiger partial charge in [0.1, 0.15) is 4.88 Å². The maximum Gasteiger partial charge on any atom is 0.400 e. The highest BCUT2D eigenvalue weighted by atomic mass is 79.9. The Morgan fingerprint density at radius 1 is 1.34 bits per heavy atom. The van der Waals surface area contributed by atoms with Crippen LogP contribution in [0.4, 0.5) is 13.2 Å². The number of halogens is 4. The molecule has 0 aliphatic rings. The molecule has 0 fully saturated rings. The number of benzene rings is 1. The van der Waals surface area contributed by atoms with Gasteiger partial charge in [-0.05, 0) is 52.7 Å². The molecular formula is C17H13BrF3N2O4PS. The van der Waals surface area contributed by atoms with Crippen LogP contribution in [0.15, 0.2) is 34.9 Å². The number of nitrogens with one attached hydrogen (secondary N) is 1. The summed E-state index contributed by atoms with van der Waals surface area (Å²) in [5.74, 6) is -1.29. The van der Waals surface area contributed by atoms with Gasteiger partial charge >= 0.3 is 13.3 Å². The lowest BCUT2D eigenvalue weighted by Crippen LogP contribution is -2.23. The normalized spacial score (nSPS) is 12.4. The minimum absolute atomic E-state index is 0.114. The number of pyridine rings is 1. The van der Waals surface area contributed by atoms with Crippen molar-refractivity contribution in [1.29, 1.82) is 0 Å². The molecule has 0 unspecified atom stereocenters. The molecule has 154 valence electrons. The van der Waals surface area contributed by atoms with Crippen molar-refractivity contribution in [3.8, 4) is 0 Å². The molecule has 6 nitrogen and oxygen atoms in total. The number of aromatic nitrogens is 1. The molecule has 0 radical (unpaired) electrons. The Hall–Kier alpha value is -1.78. The first-order chi connectivity index (χ1) is 13.4. The number of thiophene rings is 1. The molecule has 0 saturated heterocycles. The van der Waals surface area contributed by atoms with Gasteiger partial charge in [0.05, 0.1) is 0 Å². The van der Waals surface area contributed by atoms with Crippen LogP contribution in [-0.4, -0.2) is 20.7 Å². The molecular weight excluding hydrogens is 496 g/mol. The summed E-state index contributed by atoms with van der Waals surface area (Å²) in [7, 11) is -5.73. The van der Waals surface area contributed by atoms with E-state index in [9.17, 15) is 22.5 Å². The van der Waals surface area contributed by atoms with E-state index < -0.39 is 30.0 Å². The van der Waals surface area contributed by atoms with E-state index in [1.165, 1.54) is 30.5 Å². The van der Waals surface area contributed by atoms with Gasteiger partial charge in [-0.2, -0.15) is 13.2 Å². The monoisotopic (exact) mass is 508 g/mol. The molecule has 12 heteroatoms. The number of carbonyl (C=O) groups is 1. The van der Waals surface area contributed by atoms with Crippen molar-refractivity contribution < 1.29 is 32.3 Å². The highest BCUT2D eigenvalue weighted by Crippen LogP contribution is 2.62. The molecule has 2 aromatic heterocycles. The Morgan fingerprint density at radius 3 is 2.69 bits per heavy atom. The Balaban J connectivity index is 1.89. The number of hydrogen-bond donors (Lipinski definition) is 3. The number of hydrogen-bond acceptors (Lipinski definition) is 4. The summed E-state index contributed by atoms with van der Waals surface area (Å²) in [5.41, 5.74) is -3.34. The molecule has 0 aliphatic heterocycles. The Kier molecular flexibility index (Phi) is 5.90. The van der Waals surface area contributed by atoms with Gasteiger partial charge in [0.15, 0.2) is 0 Å². The quantitative estimate of drug-likeness (QED) is 0.343. The number of rotatable bonds is 5. The first-order valence-corrected chi connectivity index (χ1v) is 11.2. The van der Waals surface area contributed by atoms with Gasteiger partial charge in [0.2, 0.25) is 5.95 Å². The van der Waals surface area contributed by atoms with E-state index in [1.807, 2.05) is 0 Å². The predicted octanol–water partition coefficient (Wildman–Crippen LogP) is 4.66. The lowest BCUT2D eigenvalue weighted by Gasteiger charge is -2.16. The van der Waals surface area contributed by atoms with Crippen LogP contribution in [0.5, 0.6) is 0 Å². The maximum absolute atomic E-state index is 14.1. The van der Waals surface area contributed by atoms with E-state index in [2.05, 4.69) is 26.2 Å². The first kappa shape index (κ1) is 21.9. The van der Waals surface area contributed by atoms with E-state index in [0.29, 0.717) is 16.0 Å². The number of carbonyl (C=O) groups excluding carboxylic acids is 1. The second-order valence-corrected chi connectivity index (χ2v) is 9.68. The number of amides is 1. The van der Waals surface area contributed by atoms with Crippen LogP contribution in [0.3, 0.4) is 0 Å². The SMILES string of the molecule is Cc1cnc(F)c(CNC(=O)c2ccc3sc(C(F)(F)P(=O)(O)O)c(Br)c3c2)c1. The third-order valence-electron chi connectivity index (χ3n) is 4.02. The van der Waals surface area contributed by atoms with Crippen molar-refractivity contribution in [2.75, 3.05) is 0 Å². The van der Waals surface area contributed by atoms with Crippen LogP contribution in [0.2, 0.25) is 0 Å². The molecule has 0 aliphatic carbocycles. The third-order valence-corrected chi connectivity index (χ3v) is 7.45. The first-order valence-electron chi connectivity index (χ1n) is 7.97. The van der Waals surface area contributed by atoms with E-state index in [-0.39, 0.29) is 27.5 Å². The molecule has 3 rings (SSSR count). The van der Waals surface area contributed by atoms with Gasteiger partial charge in [0, 0.05) is 38.4 Å². The summed E-state index contributed by atoms with van der Waals surface area (Å²) in [6.07, 6.45) is 1.35. The fraction of sp³-hybridized carbons (Fsp3) is 0.176. The number of alkyl halides is 2. The molecule has 0 spiro atoms.